The van der Waals surface area contributed by atoms with Gasteiger partial charge in [-0.25, -0.2) is 0 Å². The molecule has 1 N–H and O–H groups in total. The summed E-state index contributed by atoms with van der Waals surface area (Å²) in [6.07, 6.45) is 0. The number of rotatable bonds is 8. The average molecular weight is 341 g/mol. The van der Waals surface area contributed by atoms with Gasteiger partial charge in [0, 0.05) is 0 Å². The van der Waals surface area contributed by atoms with Gasteiger partial charge in [0.25, 0.3) is 5.91 Å². The molecule has 0 fully saturated rings. The number of ether oxygens (including phenoxy) is 2. The predicted octanol–water partition coefficient (Wildman–Crippen LogP) is 4.08. The van der Waals surface area contributed by atoms with E-state index in [0.29, 0.717) is 12.5 Å². The number of benzene rings is 2. The summed E-state index contributed by atoms with van der Waals surface area (Å²) in [5.41, 5.74) is 2.18. The first kappa shape index (κ1) is 18.8. The van der Waals surface area contributed by atoms with E-state index in [4.69, 9.17) is 9.47 Å². The number of nitrogens with one attached hydrogen (secondary N) is 1. The minimum Gasteiger partial charge on any atom is -0.491 e. The molecule has 4 heteroatoms. The largest absolute Gasteiger partial charge is 0.491 e. The smallest absolute Gasteiger partial charge is 0.258 e. The van der Waals surface area contributed by atoms with Crippen LogP contribution >= 0.6 is 0 Å². The van der Waals surface area contributed by atoms with Crippen molar-refractivity contribution in [2.45, 2.75) is 39.7 Å². The fourth-order valence-electron chi connectivity index (χ4n) is 2.52. The second kappa shape index (κ2) is 9.11. The lowest BCUT2D eigenvalue weighted by atomic mass is 10.0. The number of hydrogen-bond acceptors (Lipinski definition) is 3. The third kappa shape index (κ3) is 5.82. The Hall–Kier alpha value is -2.49. The van der Waals surface area contributed by atoms with Crippen molar-refractivity contribution >= 4 is 5.91 Å². The van der Waals surface area contributed by atoms with Gasteiger partial charge in [-0.15, -0.1) is 0 Å². The summed E-state index contributed by atoms with van der Waals surface area (Å²) in [5, 5.41) is 2.90. The van der Waals surface area contributed by atoms with Crippen LogP contribution in [0.2, 0.25) is 0 Å². The molecule has 4 nitrogen and oxygen atoms in total. The molecule has 0 aromatic heterocycles. The number of carbonyl (C=O) groups is 1. The summed E-state index contributed by atoms with van der Waals surface area (Å²) in [4.78, 5) is 12.1. The Balaban J connectivity index is 1.79. The molecule has 0 bridgehead atoms. The highest BCUT2D eigenvalue weighted by Gasteiger charge is 2.12. The fourth-order valence-corrected chi connectivity index (χ4v) is 2.52. The average Bonchev–Trinajstić information content (AvgIpc) is 2.59. The molecule has 134 valence electrons. The van der Waals surface area contributed by atoms with Crippen molar-refractivity contribution < 1.29 is 14.3 Å². The number of para-hydroxylation sites is 2. The Bertz CT molecular complexity index is 697. The first-order valence-electron chi connectivity index (χ1n) is 8.67. The summed E-state index contributed by atoms with van der Waals surface area (Å²) >= 11 is 0. The Morgan fingerprint density at radius 2 is 1.60 bits per heavy atom. The van der Waals surface area contributed by atoms with Crippen LogP contribution in [0.15, 0.2) is 48.5 Å². The molecule has 0 saturated carbocycles. The van der Waals surface area contributed by atoms with Gasteiger partial charge in [-0.2, -0.15) is 0 Å². The Morgan fingerprint density at radius 1 is 0.960 bits per heavy atom. The van der Waals surface area contributed by atoms with Crippen LogP contribution in [0.4, 0.5) is 0 Å². The minimum absolute atomic E-state index is 0.00155. The molecular weight excluding hydrogens is 314 g/mol. The minimum atomic E-state index is -0.153. The molecule has 1 atom stereocenters. The van der Waals surface area contributed by atoms with E-state index >= 15 is 0 Å². The lowest BCUT2D eigenvalue weighted by Crippen LogP contribution is -2.39. The molecule has 0 spiro atoms. The number of carbonyl (C=O) groups excluding carboxylic acids is 1. The van der Waals surface area contributed by atoms with E-state index in [0.717, 1.165) is 22.6 Å². The molecule has 0 aliphatic carbocycles. The number of aryl methyl sites for hydroxylation is 1. The first-order chi connectivity index (χ1) is 12.0. The zero-order chi connectivity index (χ0) is 18.2. The van der Waals surface area contributed by atoms with Gasteiger partial charge < -0.3 is 14.8 Å². The maximum Gasteiger partial charge on any atom is 0.258 e. The normalized spacial score (nSPS) is 11.9. The Labute approximate surface area is 150 Å². The van der Waals surface area contributed by atoms with Crippen molar-refractivity contribution in [2.75, 3.05) is 13.2 Å². The van der Waals surface area contributed by atoms with Crippen molar-refractivity contribution in [1.29, 1.82) is 0 Å². The van der Waals surface area contributed by atoms with Crippen LogP contribution in [-0.2, 0) is 4.79 Å². The van der Waals surface area contributed by atoms with Crippen LogP contribution < -0.4 is 14.8 Å². The summed E-state index contributed by atoms with van der Waals surface area (Å²) in [7, 11) is 0. The van der Waals surface area contributed by atoms with Crippen LogP contribution in [0.25, 0.3) is 0 Å². The molecule has 0 unspecified atom stereocenters. The van der Waals surface area contributed by atoms with Crippen LogP contribution in [-0.4, -0.2) is 25.2 Å². The lowest BCUT2D eigenvalue weighted by Gasteiger charge is -2.17. The molecular formula is C21H27NO3. The number of amides is 1. The van der Waals surface area contributed by atoms with Gasteiger partial charge in [-0.05, 0) is 43.0 Å². The van der Waals surface area contributed by atoms with Crippen LogP contribution in [0.5, 0.6) is 11.5 Å². The fraction of sp³-hybridized carbons (Fsp3) is 0.381. The van der Waals surface area contributed by atoms with E-state index in [9.17, 15) is 4.79 Å². The molecule has 0 heterocycles. The van der Waals surface area contributed by atoms with Crippen LogP contribution in [0, 0.1) is 6.92 Å². The lowest BCUT2D eigenvalue weighted by molar-refractivity contribution is -0.123. The molecule has 25 heavy (non-hydrogen) atoms. The number of hydrogen-bond donors (Lipinski definition) is 1. The summed E-state index contributed by atoms with van der Waals surface area (Å²) in [6.45, 7) is 8.54. The van der Waals surface area contributed by atoms with Gasteiger partial charge >= 0.3 is 0 Å². The van der Waals surface area contributed by atoms with Crippen molar-refractivity contribution in [3.8, 4) is 11.5 Å². The molecule has 1 amide bonds. The van der Waals surface area contributed by atoms with Gasteiger partial charge in [-0.3, -0.25) is 4.79 Å². The first-order valence-corrected chi connectivity index (χ1v) is 8.67. The second-order valence-electron chi connectivity index (χ2n) is 6.53. The molecule has 0 aliphatic rings. The SMILES string of the molecule is Cc1ccccc1OC[C@@H](C)NC(=O)COc1ccccc1C(C)C. The molecule has 2 rings (SSSR count). The van der Waals surface area contributed by atoms with E-state index in [1.807, 2.05) is 62.4 Å². The van der Waals surface area contributed by atoms with Crippen molar-refractivity contribution in [1.82, 2.24) is 5.32 Å². The monoisotopic (exact) mass is 341 g/mol. The van der Waals surface area contributed by atoms with Gasteiger partial charge in [0.2, 0.25) is 0 Å². The van der Waals surface area contributed by atoms with E-state index in [-0.39, 0.29) is 18.6 Å². The Morgan fingerprint density at radius 3 is 2.28 bits per heavy atom. The van der Waals surface area contributed by atoms with Crippen molar-refractivity contribution in [2.24, 2.45) is 0 Å². The van der Waals surface area contributed by atoms with E-state index in [2.05, 4.69) is 19.2 Å². The highest BCUT2D eigenvalue weighted by atomic mass is 16.5. The molecule has 0 aliphatic heterocycles. The molecule has 0 radical (unpaired) electrons. The van der Waals surface area contributed by atoms with Gasteiger partial charge in [0.05, 0.1) is 6.04 Å². The topological polar surface area (TPSA) is 47.6 Å². The molecule has 0 saturated heterocycles. The standard InChI is InChI=1S/C21H27NO3/c1-15(2)18-10-6-8-12-20(18)25-14-21(23)22-17(4)13-24-19-11-7-5-9-16(19)3/h5-12,15,17H,13-14H2,1-4H3,(H,22,23)/t17-/m1/s1. The zero-order valence-corrected chi connectivity index (χ0v) is 15.4. The van der Waals surface area contributed by atoms with E-state index < -0.39 is 0 Å². The second-order valence-corrected chi connectivity index (χ2v) is 6.53. The van der Waals surface area contributed by atoms with Crippen molar-refractivity contribution in [3.63, 3.8) is 0 Å². The van der Waals surface area contributed by atoms with Gasteiger partial charge in [0.1, 0.15) is 18.1 Å². The van der Waals surface area contributed by atoms with Gasteiger partial charge in [0.15, 0.2) is 6.61 Å². The maximum atomic E-state index is 12.1. The zero-order valence-electron chi connectivity index (χ0n) is 15.4. The quantitative estimate of drug-likeness (QED) is 0.787. The summed E-state index contributed by atoms with van der Waals surface area (Å²) in [5.74, 6) is 1.79. The maximum absolute atomic E-state index is 12.1. The third-order valence-corrected chi connectivity index (χ3v) is 3.89. The van der Waals surface area contributed by atoms with E-state index in [1.54, 1.807) is 0 Å². The molecule has 2 aromatic rings. The summed E-state index contributed by atoms with van der Waals surface area (Å²) < 4.78 is 11.4. The third-order valence-electron chi connectivity index (χ3n) is 3.89. The summed E-state index contributed by atoms with van der Waals surface area (Å²) in [6, 6.07) is 15.5. The highest BCUT2D eigenvalue weighted by Crippen LogP contribution is 2.25. The molecule has 2 aromatic carbocycles. The van der Waals surface area contributed by atoms with Crippen LogP contribution in [0.1, 0.15) is 37.8 Å². The van der Waals surface area contributed by atoms with Crippen LogP contribution in [0.3, 0.4) is 0 Å². The predicted molar refractivity (Wildman–Crippen MR) is 100 cm³/mol. The van der Waals surface area contributed by atoms with E-state index in [1.165, 1.54) is 0 Å². The van der Waals surface area contributed by atoms with Gasteiger partial charge in [-0.1, -0.05) is 50.2 Å². The van der Waals surface area contributed by atoms with Crippen molar-refractivity contribution in [3.05, 3.63) is 59.7 Å². The highest BCUT2D eigenvalue weighted by molar-refractivity contribution is 5.77. The Kier molecular flexibility index (Phi) is 6.87.